The van der Waals surface area contributed by atoms with Crippen LogP contribution in [0.4, 0.5) is 27.8 Å². The van der Waals surface area contributed by atoms with Crippen molar-refractivity contribution in [1.82, 2.24) is 34.7 Å². The lowest BCUT2D eigenvalue weighted by atomic mass is 9.80. The average Bonchev–Trinajstić information content (AvgIpc) is 3.50. The van der Waals surface area contributed by atoms with Gasteiger partial charge in [0.15, 0.2) is 5.82 Å². The fourth-order valence-corrected chi connectivity index (χ4v) is 5.60. The molecule has 3 aromatic rings. The normalized spacial score (nSPS) is 22.7. The van der Waals surface area contributed by atoms with E-state index in [4.69, 9.17) is 10.5 Å². The van der Waals surface area contributed by atoms with Gasteiger partial charge in [0.25, 0.3) is 17.7 Å². The van der Waals surface area contributed by atoms with E-state index < -0.39 is 73.6 Å². The minimum Gasteiger partial charge on any atom is -0.480 e. The maximum Gasteiger partial charge on any atom is 0.282 e. The summed E-state index contributed by atoms with van der Waals surface area (Å²) in [6.45, 7) is -2.07. The number of nitrogens with zero attached hydrogens (tertiary/aromatic N) is 6. The van der Waals surface area contributed by atoms with Gasteiger partial charge in [0, 0.05) is 37.1 Å². The third-order valence-corrected chi connectivity index (χ3v) is 7.85. The van der Waals surface area contributed by atoms with E-state index in [0.717, 1.165) is 16.1 Å². The number of hydrogen-bond acceptors (Lipinski definition) is 8. The van der Waals surface area contributed by atoms with Crippen molar-refractivity contribution in [3.8, 4) is 17.1 Å². The van der Waals surface area contributed by atoms with Crippen LogP contribution in [0.15, 0.2) is 24.7 Å². The summed E-state index contributed by atoms with van der Waals surface area (Å²) in [6, 6.07) is 1.60. The van der Waals surface area contributed by atoms with Crippen molar-refractivity contribution in [3.63, 3.8) is 0 Å². The highest BCUT2D eigenvalue weighted by atomic mass is 19.3. The highest BCUT2D eigenvalue weighted by Gasteiger charge is 2.51. The molecule has 0 aromatic carbocycles. The number of nitrogens with two attached hydrogens (primary N) is 1. The number of anilines is 1. The van der Waals surface area contributed by atoms with Crippen LogP contribution in [0.1, 0.15) is 33.6 Å². The molecule has 2 saturated heterocycles. The molecular formula is C26H25F5N8O4. The molecule has 0 radical (unpaired) electrons. The lowest BCUT2D eigenvalue weighted by molar-refractivity contribution is -0.159. The lowest BCUT2D eigenvalue weighted by Crippen LogP contribution is -2.58. The molecule has 6 rings (SSSR count). The Morgan fingerprint density at radius 3 is 2.40 bits per heavy atom. The Morgan fingerprint density at radius 1 is 1.02 bits per heavy atom. The molecule has 3 aromatic heterocycles. The molecule has 3 fully saturated rings. The number of hydrogen-bond donors (Lipinski definition) is 2. The van der Waals surface area contributed by atoms with Gasteiger partial charge >= 0.3 is 0 Å². The Bertz CT molecular complexity index is 1630. The first kappa shape index (κ1) is 28.5. The molecular weight excluding hydrogens is 583 g/mol. The first-order valence-corrected chi connectivity index (χ1v) is 13.2. The van der Waals surface area contributed by atoms with Crippen molar-refractivity contribution >= 4 is 29.1 Å². The van der Waals surface area contributed by atoms with Crippen molar-refractivity contribution in [1.29, 1.82) is 0 Å². The minimum absolute atomic E-state index is 0.0365. The highest BCUT2D eigenvalue weighted by Crippen LogP contribution is 2.43. The molecule has 3 N–H and O–H groups in total. The van der Waals surface area contributed by atoms with Gasteiger partial charge in [-0.25, -0.2) is 36.4 Å². The standard InChI is InChI=1S/C26H25F5N8O4/c1-43-22-15(21(40)36-17-8-37(7-16(17)27)23(41)13-4-25(28,29)5-13)2-12(6-33-22)18-3-14(19-20(32)34-11-35-39(18)19)24(42)38-9-26(30,31)10-38/h2-3,6,11,13,16-17H,4-5,7-10H2,1H3,(H,36,40)(H2,32,34,35)/t16-,17+/m0/s1. The van der Waals surface area contributed by atoms with Gasteiger partial charge in [-0.05, 0) is 12.1 Å². The molecule has 2 aliphatic heterocycles. The molecule has 5 heterocycles. The lowest BCUT2D eigenvalue weighted by Gasteiger charge is -2.38. The Hall–Kier alpha value is -4.57. The van der Waals surface area contributed by atoms with Crippen LogP contribution in [0.25, 0.3) is 16.8 Å². The number of nitrogens with one attached hydrogen (secondary N) is 1. The maximum absolute atomic E-state index is 14.9. The van der Waals surface area contributed by atoms with Crippen molar-refractivity contribution in [3.05, 3.63) is 35.8 Å². The number of carbonyl (C=O) groups is 3. The fraction of sp³-hybridized carbons (Fsp3) is 0.462. The van der Waals surface area contributed by atoms with E-state index in [0.29, 0.717) is 0 Å². The Balaban J connectivity index is 1.26. The number of carbonyl (C=O) groups excluding carboxylic acids is 3. The molecule has 3 aliphatic rings. The maximum atomic E-state index is 14.9. The summed E-state index contributed by atoms with van der Waals surface area (Å²) in [5.41, 5.74) is 6.40. The van der Waals surface area contributed by atoms with Gasteiger partial charge in [-0.3, -0.25) is 14.4 Å². The quantitative estimate of drug-likeness (QED) is 0.403. The number of methoxy groups -OCH3 is 1. The molecule has 17 heteroatoms. The van der Waals surface area contributed by atoms with E-state index in [1.807, 2.05) is 0 Å². The number of likely N-dealkylation sites (tertiary alicyclic amines) is 2. The molecule has 3 amide bonds. The summed E-state index contributed by atoms with van der Waals surface area (Å²) < 4.78 is 74.7. The second-order valence-electron chi connectivity index (χ2n) is 10.9. The minimum atomic E-state index is -2.99. The van der Waals surface area contributed by atoms with Crippen molar-refractivity contribution < 1.29 is 41.1 Å². The van der Waals surface area contributed by atoms with Crippen LogP contribution in [0.5, 0.6) is 5.88 Å². The van der Waals surface area contributed by atoms with Gasteiger partial charge in [0.05, 0.1) is 44.0 Å². The van der Waals surface area contributed by atoms with E-state index in [1.165, 1.54) is 30.0 Å². The van der Waals surface area contributed by atoms with Gasteiger partial charge in [0.1, 0.15) is 23.6 Å². The smallest absolute Gasteiger partial charge is 0.282 e. The van der Waals surface area contributed by atoms with Gasteiger partial charge in [-0.1, -0.05) is 0 Å². The topological polar surface area (TPSA) is 148 Å². The van der Waals surface area contributed by atoms with Crippen molar-refractivity contribution in [2.24, 2.45) is 5.92 Å². The number of nitrogen functional groups attached to an aromatic ring is 1. The first-order chi connectivity index (χ1) is 20.3. The van der Waals surface area contributed by atoms with E-state index in [-0.39, 0.29) is 52.7 Å². The third kappa shape index (κ3) is 5.05. The Labute approximate surface area is 240 Å². The van der Waals surface area contributed by atoms with Crippen molar-refractivity contribution in [2.45, 2.75) is 36.9 Å². The zero-order valence-corrected chi connectivity index (χ0v) is 22.6. The molecule has 2 atom stereocenters. The number of halogens is 5. The summed E-state index contributed by atoms with van der Waals surface area (Å²) in [6.07, 6.45) is -0.373. The zero-order chi connectivity index (χ0) is 30.8. The van der Waals surface area contributed by atoms with Crippen LogP contribution in [0.3, 0.4) is 0 Å². The Morgan fingerprint density at radius 2 is 1.74 bits per heavy atom. The van der Waals surface area contributed by atoms with Gasteiger partial charge < -0.3 is 25.6 Å². The van der Waals surface area contributed by atoms with Crippen LogP contribution in [-0.4, -0.2) is 104 Å². The van der Waals surface area contributed by atoms with Crippen LogP contribution in [0.2, 0.25) is 0 Å². The molecule has 228 valence electrons. The number of alkyl halides is 5. The molecule has 1 aliphatic carbocycles. The number of fused-ring (bicyclic) bond motifs is 1. The van der Waals surface area contributed by atoms with Crippen LogP contribution >= 0.6 is 0 Å². The second kappa shape index (κ2) is 10.0. The molecule has 12 nitrogen and oxygen atoms in total. The number of pyridine rings is 1. The Kier molecular flexibility index (Phi) is 6.65. The van der Waals surface area contributed by atoms with Crippen molar-refractivity contribution in [2.75, 3.05) is 39.0 Å². The van der Waals surface area contributed by atoms with Gasteiger partial charge in [-0.2, -0.15) is 5.10 Å². The summed E-state index contributed by atoms with van der Waals surface area (Å²) in [5, 5.41) is 6.66. The second-order valence-corrected chi connectivity index (χ2v) is 10.9. The van der Waals surface area contributed by atoms with Crippen LogP contribution in [-0.2, 0) is 4.79 Å². The number of aromatic nitrogens is 4. The van der Waals surface area contributed by atoms with E-state index in [9.17, 15) is 36.3 Å². The summed E-state index contributed by atoms with van der Waals surface area (Å²) in [4.78, 5) is 49.1. The molecule has 0 bridgehead atoms. The summed E-state index contributed by atoms with van der Waals surface area (Å²) >= 11 is 0. The summed E-state index contributed by atoms with van der Waals surface area (Å²) in [5.74, 6) is -9.08. The van der Waals surface area contributed by atoms with Gasteiger partial charge in [-0.15, -0.1) is 0 Å². The number of ether oxygens (including phenoxy) is 1. The zero-order valence-electron chi connectivity index (χ0n) is 22.6. The first-order valence-electron chi connectivity index (χ1n) is 13.2. The molecule has 0 unspecified atom stereocenters. The fourth-order valence-electron chi connectivity index (χ4n) is 5.60. The molecule has 1 saturated carbocycles. The number of amides is 3. The monoisotopic (exact) mass is 608 g/mol. The third-order valence-electron chi connectivity index (χ3n) is 7.85. The van der Waals surface area contributed by atoms with E-state index >= 15 is 0 Å². The van der Waals surface area contributed by atoms with E-state index in [2.05, 4.69) is 20.4 Å². The largest absolute Gasteiger partial charge is 0.480 e. The summed E-state index contributed by atoms with van der Waals surface area (Å²) in [7, 11) is 1.27. The van der Waals surface area contributed by atoms with Crippen LogP contribution in [0, 0.1) is 5.92 Å². The predicted octanol–water partition coefficient (Wildman–Crippen LogP) is 1.80. The molecule has 43 heavy (non-hydrogen) atoms. The molecule has 0 spiro atoms. The highest BCUT2D eigenvalue weighted by molar-refractivity contribution is 6.06. The van der Waals surface area contributed by atoms with E-state index in [1.54, 1.807) is 0 Å². The predicted molar refractivity (Wildman–Crippen MR) is 138 cm³/mol. The average molecular weight is 609 g/mol. The van der Waals surface area contributed by atoms with Gasteiger partial charge in [0.2, 0.25) is 17.7 Å². The number of rotatable bonds is 6. The SMILES string of the molecule is COc1ncc(-c2cc(C(=O)N3CC(F)(F)C3)c3c(N)ncnn23)cc1C(=O)N[C@@H]1CN(C(=O)C2CC(F)(F)C2)C[C@@H]1F. The van der Waals surface area contributed by atoms with Crippen LogP contribution < -0.4 is 15.8 Å².